The average Bonchev–Trinajstić information content (AvgIpc) is 3.42. The van der Waals surface area contributed by atoms with Crippen molar-refractivity contribution in [2.75, 3.05) is 13.5 Å². The topological polar surface area (TPSA) is 40.6 Å². The van der Waals surface area contributed by atoms with Crippen LogP contribution in [-0.2, 0) is 33.5 Å². The highest BCUT2D eigenvalue weighted by Gasteiger charge is 2.57. The first-order valence-electron chi connectivity index (χ1n) is 14.3. The van der Waals surface area contributed by atoms with Crippen LogP contribution in [0.4, 0.5) is 26.3 Å². The van der Waals surface area contributed by atoms with Crippen LogP contribution in [0.1, 0.15) is 58.1 Å². The molecule has 2 aromatic rings. The Balaban J connectivity index is 1.58. The average molecular weight is 556 g/mol. The highest BCUT2D eigenvalue weighted by Crippen LogP contribution is 2.51. The number of carbonyl (C=O) groups excluding carboxylic acids is 2. The number of fused-ring (bicyclic) bond motifs is 3. The number of likely N-dealkylation sites (N-methyl/N-ethyl adjacent to an activating group) is 1. The van der Waals surface area contributed by atoms with Crippen LogP contribution < -0.4 is 0 Å². The van der Waals surface area contributed by atoms with E-state index in [1.807, 2.05) is 0 Å². The Morgan fingerprint density at radius 1 is 1.18 bits per heavy atom. The van der Waals surface area contributed by atoms with E-state index < -0.39 is 72.1 Å². The number of amides is 2. The number of halogens is 6. The number of aryl methyl sites for hydroxylation is 2. The molecule has 210 valence electrons. The van der Waals surface area contributed by atoms with Crippen molar-refractivity contribution in [2.24, 2.45) is 0 Å². The van der Waals surface area contributed by atoms with Crippen molar-refractivity contribution in [1.82, 2.24) is 9.80 Å². The van der Waals surface area contributed by atoms with Crippen LogP contribution in [0.5, 0.6) is 0 Å². The van der Waals surface area contributed by atoms with Crippen molar-refractivity contribution < 1.29 is 40.0 Å². The Kier molecular flexibility index (Phi) is 5.66. The van der Waals surface area contributed by atoms with Gasteiger partial charge in [0, 0.05) is 35.5 Å². The molecule has 2 heterocycles. The second-order valence-corrected chi connectivity index (χ2v) is 11.1. The zero-order valence-electron chi connectivity index (χ0n) is 24.4. The molecular weight excluding hydrogens is 522 g/mol. The summed E-state index contributed by atoms with van der Waals surface area (Å²) in [5.74, 6) is -2.41. The normalized spacial score (nSPS) is 29.8. The lowest BCUT2D eigenvalue weighted by Crippen LogP contribution is -2.53. The fourth-order valence-electron chi connectivity index (χ4n) is 6.58. The molecule has 3 unspecified atom stereocenters. The van der Waals surface area contributed by atoms with E-state index in [1.165, 1.54) is 23.1 Å². The van der Waals surface area contributed by atoms with Gasteiger partial charge in [-0.1, -0.05) is 30.3 Å². The molecule has 0 aromatic heterocycles. The van der Waals surface area contributed by atoms with Crippen molar-refractivity contribution in [3.63, 3.8) is 0 Å². The predicted molar refractivity (Wildman–Crippen MR) is 132 cm³/mol. The van der Waals surface area contributed by atoms with Gasteiger partial charge in [0.25, 0.3) is 5.91 Å². The van der Waals surface area contributed by atoms with Crippen LogP contribution in [0.25, 0.3) is 0 Å². The van der Waals surface area contributed by atoms with Crippen molar-refractivity contribution >= 4 is 11.8 Å². The predicted octanol–water partition coefficient (Wildman–Crippen LogP) is 5.48. The summed E-state index contributed by atoms with van der Waals surface area (Å²) in [5.41, 5.74) is -2.82. The van der Waals surface area contributed by atoms with Gasteiger partial charge in [0.05, 0.1) is 0 Å². The van der Waals surface area contributed by atoms with Crippen LogP contribution in [0, 0.1) is 12.7 Å². The smallest absolute Gasteiger partial charge is 0.337 e. The number of hydrogen-bond donors (Lipinski definition) is 0. The molecule has 0 bridgehead atoms. The van der Waals surface area contributed by atoms with Gasteiger partial charge in [-0.3, -0.25) is 9.59 Å². The summed E-state index contributed by atoms with van der Waals surface area (Å²) in [6.07, 6.45) is -6.84. The number of carbonyl (C=O) groups is 2. The molecular formula is C29H30F6N2O2. The lowest BCUT2D eigenvalue weighted by Gasteiger charge is -2.44. The van der Waals surface area contributed by atoms with Crippen molar-refractivity contribution in [1.29, 1.82) is 0 Å². The maximum absolute atomic E-state index is 14.9. The van der Waals surface area contributed by atoms with Crippen molar-refractivity contribution in [3.05, 3.63) is 70.0 Å². The van der Waals surface area contributed by atoms with Crippen LogP contribution in [0.2, 0.25) is 0 Å². The number of hydrogen-bond acceptors (Lipinski definition) is 2. The Hall–Kier alpha value is -3.04. The van der Waals surface area contributed by atoms with E-state index in [-0.39, 0.29) is 25.8 Å². The van der Waals surface area contributed by atoms with Crippen LogP contribution in [-0.4, -0.2) is 59.6 Å². The second kappa shape index (κ2) is 9.27. The summed E-state index contributed by atoms with van der Waals surface area (Å²) < 4.78 is 107. The van der Waals surface area contributed by atoms with Gasteiger partial charge in [-0.2, -0.15) is 13.2 Å². The van der Waals surface area contributed by atoms with E-state index >= 15 is 0 Å². The summed E-state index contributed by atoms with van der Waals surface area (Å²) in [5, 5.41) is 0. The molecule has 2 fully saturated rings. The van der Waals surface area contributed by atoms with Crippen molar-refractivity contribution in [2.45, 2.75) is 81.5 Å². The summed E-state index contributed by atoms with van der Waals surface area (Å²) in [4.78, 5) is 28.0. The standard InChI is InChI=1S/C29H30F6N2O2/c1-16-12-17(4-8-21(16)30)15-28-10-11-37(26(39)23-14-22(31)25(38)36(23)3)24(28)9-5-18-13-19(6-7-20(18)28)27(2,32)29(33,34)35/h4,6-8,12-13,22-24H,5,9-11,14-15H2,1-3H3/t22-,23-,24?,27?,28?/m0/s1/i3D3. The molecule has 0 N–H and O–H groups in total. The Morgan fingerprint density at radius 2 is 1.92 bits per heavy atom. The SMILES string of the molecule is [2H]C([2H])([2H])N1C(=O)[C@@H](F)C[C@H]1C(=O)N1CCC2(Cc3ccc(F)c(C)c3)c3ccc(C(C)(F)C(F)(F)F)cc3CCC12. The molecule has 0 saturated carbocycles. The summed E-state index contributed by atoms with van der Waals surface area (Å²) in [7, 11) is 0. The number of nitrogens with zero attached hydrogens (tertiary/aromatic N) is 2. The molecule has 10 heteroatoms. The third-order valence-electron chi connectivity index (χ3n) is 8.77. The Morgan fingerprint density at radius 3 is 2.59 bits per heavy atom. The molecule has 5 rings (SSSR count). The highest BCUT2D eigenvalue weighted by molar-refractivity contribution is 5.93. The maximum atomic E-state index is 14.9. The lowest BCUT2D eigenvalue weighted by molar-refractivity contribution is -0.228. The highest BCUT2D eigenvalue weighted by atomic mass is 19.4. The van der Waals surface area contributed by atoms with Gasteiger partial charge in [-0.25, -0.2) is 13.2 Å². The Bertz CT molecular complexity index is 1430. The van der Waals surface area contributed by atoms with Crippen LogP contribution in [0.3, 0.4) is 0 Å². The zero-order chi connectivity index (χ0) is 31.0. The molecule has 2 aromatic carbocycles. The maximum Gasteiger partial charge on any atom is 0.426 e. The molecule has 0 radical (unpaired) electrons. The molecule has 4 nitrogen and oxygen atoms in total. The molecule has 2 saturated heterocycles. The van der Waals surface area contributed by atoms with E-state index in [2.05, 4.69) is 0 Å². The number of rotatable bonds is 4. The first-order chi connectivity index (χ1) is 19.4. The van der Waals surface area contributed by atoms with Gasteiger partial charge in [-0.05, 0) is 73.4 Å². The van der Waals surface area contributed by atoms with Gasteiger partial charge in [0.15, 0.2) is 6.17 Å². The summed E-state index contributed by atoms with van der Waals surface area (Å²) >= 11 is 0. The zero-order valence-corrected chi connectivity index (χ0v) is 21.4. The van der Waals surface area contributed by atoms with E-state index in [4.69, 9.17) is 4.11 Å². The van der Waals surface area contributed by atoms with Gasteiger partial charge in [0.1, 0.15) is 11.9 Å². The minimum absolute atomic E-state index is 0.116. The van der Waals surface area contributed by atoms with Gasteiger partial charge < -0.3 is 9.80 Å². The van der Waals surface area contributed by atoms with Gasteiger partial charge >= 0.3 is 6.18 Å². The van der Waals surface area contributed by atoms with Gasteiger partial charge in [0.2, 0.25) is 11.6 Å². The lowest BCUT2D eigenvalue weighted by atomic mass is 9.63. The first-order valence-corrected chi connectivity index (χ1v) is 12.8. The fraction of sp³-hybridized carbons (Fsp3) is 0.517. The summed E-state index contributed by atoms with van der Waals surface area (Å²) in [6, 6.07) is 6.18. The first kappa shape index (κ1) is 23.8. The van der Waals surface area contributed by atoms with E-state index in [0.29, 0.717) is 40.5 Å². The van der Waals surface area contributed by atoms with Gasteiger partial charge in [-0.15, -0.1) is 0 Å². The number of benzene rings is 2. The largest absolute Gasteiger partial charge is 0.426 e. The van der Waals surface area contributed by atoms with Crippen molar-refractivity contribution in [3.8, 4) is 0 Å². The quantitative estimate of drug-likeness (QED) is 0.469. The third kappa shape index (κ3) is 4.30. The molecule has 2 aliphatic heterocycles. The van der Waals surface area contributed by atoms with E-state index in [1.54, 1.807) is 19.1 Å². The molecule has 1 aliphatic carbocycles. The van der Waals surface area contributed by atoms with Crippen LogP contribution in [0.15, 0.2) is 36.4 Å². The molecule has 0 spiro atoms. The molecule has 2 amide bonds. The minimum Gasteiger partial charge on any atom is -0.337 e. The monoisotopic (exact) mass is 555 g/mol. The molecule has 5 atom stereocenters. The van der Waals surface area contributed by atoms with Crippen LogP contribution >= 0.6 is 0 Å². The third-order valence-corrected chi connectivity index (χ3v) is 8.77. The fourth-order valence-corrected chi connectivity index (χ4v) is 6.58. The molecule has 39 heavy (non-hydrogen) atoms. The number of likely N-dealkylation sites (tertiary alicyclic amines) is 2. The van der Waals surface area contributed by atoms with E-state index in [0.717, 1.165) is 6.07 Å². The Labute approximate surface area is 227 Å². The number of alkyl halides is 5. The summed E-state index contributed by atoms with van der Waals surface area (Å²) in [6.45, 7) is -0.865. The van der Waals surface area contributed by atoms with E-state index in [9.17, 15) is 35.9 Å². The minimum atomic E-state index is -5.14. The molecule has 3 aliphatic rings. The second-order valence-electron chi connectivity index (χ2n) is 11.1.